The molecule has 4 heteroatoms. The van der Waals surface area contributed by atoms with Gasteiger partial charge in [0.1, 0.15) is 5.69 Å². The first-order valence-corrected chi connectivity index (χ1v) is 5.47. The molecular weight excluding hydrogens is 212 g/mol. The second-order valence-corrected chi connectivity index (χ2v) is 3.86. The van der Waals surface area contributed by atoms with Gasteiger partial charge in [0.15, 0.2) is 5.82 Å². The van der Waals surface area contributed by atoms with Crippen LogP contribution in [0.3, 0.4) is 0 Å². The number of para-hydroxylation sites is 2. The minimum atomic E-state index is 0.507. The lowest BCUT2D eigenvalue weighted by Crippen LogP contribution is -1.97. The van der Waals surface area contributed by atoms with Gasteiger partial charge in [0, 0.05) is 12.7 Å². The molecule has 2 aromatic heterocycles. The minimum absolute atomic E-state index is 0.507. The van der Waals surface area contributed by atoms with Crippen LogP contribution in [0.15, 0.2) is 42.6 Å². The van der Waals surface area contributed by atoms with Crippen LogP contribution in [0, 0.1) is 0 Å². The Morgan fingerprint density at radius 3 is 2.71 bits per heavy atom. The van der Waals surface area contributed by atoms with Crippen molar-refractivity contribution in [2.45, 2.75) is 6.54 Å². The van der Waals surface area contributed by atoms with Crippen LogP contribution in [-0.4, -0.2) is 15.0 Å². The Morgan fingerprint density at radius 2 is 2.00 bits per heavy atom. The number of H-pyrrole nitrogens is 1. The van der Waals surface area contributed by atoms with Gasteiger partial charge in [0.2, 0.25) is 0 Å². The number of fused-ring (bicyclic) bond motifs is 1. The van der Waals surface area contributed by atoms with Crippen molar-refractivity contribution < 1.29 is 0 Å². The molecule has 2 heterocycles. The first kappa shape index (κ1) is 9.99. The zero-order chi connectivity index (χ0) is 11.7. The summed E-state index contributed by atoms with van der Waals surface area (Å²) in [5.74, 6) is 0.787. The van der Waals surface area contributed by atoms with E-state index in [9.17, 15) is 0 Å². The fourth-order valence-corrected chi connectivity index (χ4v) is 1.76. The minimum Gasteiger partial charge on any atom is -0.337 e. The molecule has 0 fully saturated rings. The highest BCUT2D eigenvalue weighted by molar-refractivity contribution is 5.78. The zero-order valence-corrected chi connectivity index (χ0v) is 9.22. The number of hydrogen-bond donors (Lipinski definition) is 2. The van der Waals surface area contributed by atoms with Gasteiger partial charge in [-0.15, -0.1) is 0 Å². The van der Waals surface area contributed by atoms with E-state index in [-0.39, 0.29) is 0 Å². The molecule has 84 valence electrons. The highest BCUT2D eigenvalue weighted by Crippen LogP contribution is 2.18. The lowest BCUT2D eigenvalue weighted by molar-refractivity contribution is 1.05. The normalized spacial score (nSPS) is 10.9. The fraction of sp³-hybridized carbons (Fsp3) is 0.0769. The molecule has 0 saturated carbocycles. The number of aromatic amines is 1. The summed E-state index contributed by atoms with van der Waals surface area (Å²) < 4.78 is 0. The van der Waals surface area contributed by atoms with E-state index in [0.29, 0.717) is 6.54 Å². The van der Waals surface area contributed by atoms with Crippen molar-refractivity contribution in [3.05, 3.63) is 48.2 Å². The summed E-state index contributed by atoms with van der Waals surface area (Å²) in [5.41, 5.74) is 9.36. The molecule has 0 aliphatic rings. The van der Waals surface area contributed by atoms with Crippen LogP contribution in [-0.2, 0) is 6.54 Å². The predicted octanol–water partition coefficient (Wildman–Crippen LogP) is 2.08. The Morgan fingerprint density at radius 1 is 1.12 bits per heavy atom. The summed E-state index contributed by atoms with van der Waals surface area (Å²) >= 11 is 0. The number of hydrogen-bond acceptors (Lipinski definition) is 3. The highest BCUT2D eigenvalue weighted by atomic mass is 14.9. The summed E-state index contributed by atoms with van der Waals surface area (Å²) in [6.45, 7) is 0.507. The highest BCUT2D eigenvalue weighted by Gasteiger charge is 2.05. The van der Waals surface area contributed by atoms with Crippen LogP contribution in [0.25, 0.3) is 22.6 Å². The molecule has 0 spiro atoms. The molecule has 0 saturated heterocycles. The first-order chi connectivity index (χ1) is 8.36. The number of benzene rings is 1. The van der Waals surface area contributed by atoms with Crippen molar-refractivity contribution in [1.29, 1.82) is 0 Å². The Bertz CT molecular complexity index is 607. The van der Waals surface area contributed by atoms with E-state index in [1.165, 1.54) is 0 Å². The average Bonchev–Trinajstić information content (AvgIpc) is 2.82. The number of nitrogens with zero attached hydrogens (tertiary/aromatic N) is 2. The van der Waals surface area contributed by atoms with Crippen LogP contribution in [0.4, 0.5) is 0 Å². The zero-order valence-electron chi connectivity index (χ0n) is 9.22. The molecule has 17 heavy (non-hydrogen) atoms. The van der Waals surface area contributed by atoms with Gasteiger partial charge < -0.3 is 10.7 Å². The third-order valence-corrected chi connectivity index (χ3v) is 2.69. The van der Waals surface area contributed by atoms with Gasteiger partial charge in [-0.1, -0.05) is 18.2 Å². The number of rotatable bonds is 2. The molecule has 4 nitrogen and oxygen atoms in total. The van der Waals surface area contributed by atoms with Gasteiger partial charge in [-0.25, -0.2) is 4.98 Å². The second kappa shape index (κ2) is 3.99. The largest absolute Gasteiger partial charge is 0.337 e. The van der Waals surface area contributed by atoms with Crippen LogP contribution in [0.5, 0.6) is 0 Å². The van der Waals surface area contributed by atoms with E-state index < -0.39 is 0 Å². The van der Waals surface area contributed by atoms with E-state index in [1.54, 1.807) is 6.20 Å². The maximum absolute atomic E-state index is 5.54. The van der Waals surface area contributed by atoms with Crippen molar-refractivity contribution in [2.75, 3.05) is 0 Å². The van der Waals surface area contributed by atoms with E-state index in [4.69, 9.17) is 5.73 Å². The summed E-state index contributed by atoms with van der Waals surface area (Å²) in [4.78, 5) is 12.1. The summed E-state index contributed by atoms with van der Waals surface area (Å²) in [6.07, 6.45) is 1.78. The Kier molecular flexibility index (Phi) is 2.34. The van der Waals surface area contributed by atoms with E-state index in [2.05, 4.69) is 15.0 Å². The number of imidazole rings is 1. The maximum atomic E-state index is 5.54. The van der Waals surface area contributed by atoms with Crippen molar-refractivity contribution in [3.8, 4) is 11.5 Å². The van der Waals surface area contributed by atoms with Crippen LogP contribution >= 0.6 is 0 Å². The topological polar surface area (TPSA) is 67.6 Å². The van der Waals surface area contributed by atoms with Crippen molar-refractivity contribution >= 4 is 11.0 Å². The van der Waals surface area contributed by atoms with Crippen molar-refractivity contribution in [3.63, 3.8) is 0 Å². The average molecular weight is 224 g/mol. The van der Waals surface area contributed by atoms with E-state index in [1.807, 2.05) is 36.4 Å². The number of nitrogens with two attached hydrogens (primary N) is 1. The van der Waals surface area contributed by atoms with Crippen LogP contribution in [0.2, 0.25) is 0 Å². The number of aromatic nitrogens is 3. The standard InChI is InChI=1S/C13H12N4/c14-7-9-5-6-12(15-8-9)13-16-10-3-1-2-4-11(10)17-13/h1-6,8H,7,14H2,(H,16,17). The monoisotopic (exact) mass is 224 g/mol. The lowest BCUT2D eigenvalue weighted by atomic mass is 10.2. The molecule has 0 amide bonds. The molecule has 3 rings (SSSR count). The number of nitrogens with one attached hydrogen (secondary N) is 1. The molecular formula is C13H12N4. The van der Waals surface area contributed by atoms with Crippen LogP contribution < -0.4 is 5.73 Å². The fourth-order valence-electron chi connectivity index (χ4n) is 1.76. The molecule has 3 N–H and O–H groups in total. The quantitative estimate of drug-likeness (QED) is 0.700. The molecule has 0 radical (unpaired) electrons. The van der Waals surface area contributed by atoms with E-state index in [0.717, 1.165) is 28.1 Å². The maximum Gasteiger partial charge on any atom is 0.157 e. The van der Waals surface area contributed by atoms with Gasteiger partial charge in [0.05, 0.1) is 11.0 Å². The van der Waals surface area contributed by atoms with Gasteiger partial charge in [-0.3, -0.25) is 4.98 Å². The summed E-state index contributed by atoms with van der Waals surface area (Å²) in [6, 6.07) is 11.8. The lowest BCUT2D eigenvalue weighted by Gasteiger charge is -1.97. The van der Waals surface area contributed by atoms with Gasteiger partial charge in [-0.05, 0) is 23.8 Å². The van der Waals surface area contributed by atoms with Crippen LogP contribution in [0.1, 0.15) is 5.56 Å². The third-order valence-electron chi connectivity index (χ3n) is 2.69. The third kappa shape index (κ3) is 1.79. The Hall–Kier alpha value is -2.20. The van der Waals surface area contributed by atoms with Crippen molar-refractivity contribution in [1.82, 2.24) is 15.0 Å². The first-order valence-electron chi connectivity index (χ1n) is 5.47. The number of pyridine rings is 1. The van der Waals surface area contributed by atoms with Crippen molar-refractivity contribution in [2.24, 2.45) is 5.73 Å². The SMILES string of the molecule is NCc1ccc(-c2nc3ccccc3[nH]2)nc1. The molecule has 0 aliphatic carbocycles. The smallest absolute Gasteiger partial charge is 0.157 e. The molecule has 1 aromatic carbocycles. The van der Waals surface area contributed by atoms with Gasteiger partial charge in [-0.2, -0.15) is 0 Å². The van der Waals surface area contributed by atoms with Gasteiger partial charge in [0.25, 0.3) is 0 Å². The molecule has 0 aliphatic heterocycles. The second-order valence-electron chi connectivity index (χ2n) is 3.86. The molecule has 0 bridgehead atoms. The molecule has 3 aromatic rings. The van der Waals surface area contributed by atoms with Gasteiger partial charge >= 0.3 is 0 Å². The summed E-state index contributed by atoms with van der Waals surface area (Å²) in [7, 11) is 0. The molecule has 0 atom stereocenters. The Labute approximate surface area is 98.5 Å². The predicted molar refractivity (Wildman–Crippen MR) is 67.2 cm³/mol. The Balaban J connectivity index is 2.07. The molecule has 0 unspecified atom stereocenters. The summed E-state index contributed by atoms with van der Waals surface area (Å²) in [5, 5.41) is 0. The van der Waals surface area contributed by atoms with E-state index >= 15 is 0 Å².